The molecule has 0 spiro atoms. The fraction of sp³-hybridized carbons (Fsp3) is 0.625. The fourth-order valence-electron chi connectivity index (χ4n) is 3.22. The molecule has 2 N–H and O–H groups in total. The van der Waals surface area contributed by atoms with Crippen molar-refractivity contribution in [3.05, 3.63) is 28.8 Å². The van der Waals surface area contributed by atoms with Gasteiger partial charge in [0, 0.05) is 31.4 Å². The van der Waals surface area contributed by atoms with E-state index >= 15 is 0 Å². The largest absolute Gasteiger partial charge is 0.508 e. The zero-order valence-electron chi connectivity index (χ0n) is 12.4. The summed E-state index contributed by atoms with van der Waals surface area (Å²) in [5.74, 6) is 0.940. The Morgan fingerprint density at radius 1 is 1.42 bits per heavy atom. The predicted molar refractivity (Wildman–Crippen MR) is 77.7 cm³/mol. The van der Waals surface area contributed by atoms with Gasteiger partial charge in [-0.15, -0.1) is 0 Å². The van der Waals surface area contributed by atoms with E-state index in [4.69, 9.17) is 4.74 Å². The van der Waals surface area contributed by atoms with Gasteiger partial charge in [-0.2, -0.15) is 0 Å². The summed E-state index contributed by atoms with van der Waals surface area (Å²) in [4.78, 5) is 0. The van der Waals surface area contributed by atoms with Crippen LogP contribution < -0.4 is 5.32 Å². The molecule has 3 unspecified atom stereocenters. The van der Waals surface area contributed by atoms with Crippen LogP contribution in [0.25, 0.3) is 0 Å². The number of methoxy groups -OCH3 is 1. The Hall–Kier alpha value is -1.06. The summed E-state index contributed by atoms with van der Waals surface area (Å²) in [6, 6.07) is 4.49. The van der Waals surface area contributed by atoms with E-state index in [0.29, 0.717) is 17.7 Å². The molecule has 3 heteroatoms. The summed E-state index contributed by atoms with van der Waals surface area (Å²) >= 11 is 0. The van der Waals surface area contributed by atoms with Gasteiger partial charge in [0.2, 0.25) is 0 Å². The molecule has 1 aromatic carbocycles. The summed E-state index contributed by atoms with van der Waals surface area (Å²) in [6.45, 7) is 7.32. The number of hydrogen-bond acceptors (Lipinski definition) is 3. The maximum absolute atomic E-state index is 10.2. The first-order valence-electron chi connectivity index (χ1n) is 7.12. The third kappa shape index (κ3) is 2.93. The van der Waals surface area contributed by atoms with Gasteiger partial charge in [0.05, 0.1) is 0 Å². The molecule has 1 aliphatic rings. The minimum atomic E-state index is 0.261. The minimum absolute atomic E-state index is 0.261. The Morgan fingerprint density at radius 2 is 2.16 bits per heavy atom. The second kappa shape index (κ2) is 5.93. The van der Waals surface area contributed by atoms with E-state index in [0.717, 1.165) is 25.0 Å². The number of phenolic OH excluding ortho intramolecular Hbond substituents is 1. The maximum Gasteiger partial charge on any atom is 0.120 e. The number of benzene rings is 1. The minimum Gasteiger partial charge on any atom is -0.508 e. The smallest absolute Gasteiger partial charge is 0.120 e. The van der Waals surface area contributed by atoms with Gasteiger partial charge < -0.3 is 15.2 Å². The molecule has 0 heterocycles. The van der Waals surface area contributed by atoms with Crippen molar-refractivity contribution in [3.8, 4) is 5.75 Å². The van der Waals surface area contributed by atoms with E-state index in [2.05, 4.69) is 26.1 Å². The Bertz CT molecular complexity index is 445. The van der Waals surface area contributed by atoms with Crippen LogP contribution in [0.1, 0.15) is 55.3 Å². The molecule has 0 fully saturated rings. The highest BCUT2D eigenvalue weighted by Crippen LogP contribution is 2.46. The second-order valence-corrected chi connectivity index (χ2v) is 5.77. The standard InChI is InChI=1S/C16H25NO2/c1-10-5-6-14(18)16-13(9-11(2)15(10)16)17-12(3)7-8-19-4/h5-6,11-13,17-18H,7-9H2,1-4H3. The lowest BCUT2D eigenvalue weighted by molar-refractivity contribution is 0.182. The summed E-state index contributed by atoms with van der Waals surface area (Å²) < 4.78 is 5.12. The topological polar surface area (TPSA) is 41.5 Å². The summed E-state index contributed by atoms with van der Waals surface area (Å²) in [5, 5.41) is 13.8. The van der Waals surface area contributed by atoms with Gasteiger partial charge in [-0.1, -0.05) is 13.0 Å². The van der Waals surface area contributed by atoms with Crippen LogP contribution in [0.15, 0.2) is 12.1 Å². The van der Waals surface area contributed by atoms with Crippen molar-refractivity contribution in [2.75, 3.05) is 13.7 Å². The molecule has 3 atom stereocenters. The van der Waals surface area contributed by atoms with E-state index in [1.165, 1.54) is 11.1 Å². The van der Waals surface area contributed by atoms with E-state index in [1.807, 2.05) is 12.1 Å². The normalized spacial score (nSPS) is 23.4. The van der Waals surface area contributed by atoms with Crippen LogP contribution in [-0.2, 0) is 4.74 Å². The van der Waals surface area contributed by atoms with Crippen LogP contribution in [0.5, 0.6) is 5.75 Å². The number of fused-ring (bicyclic) bond motifs is 1. The monoisotopic (exact) mass is 263 g/mol. The van der Waals surface area contributed by atoms with Crippen molar-refractivity contribution in [2.45, 2.75) is 51.6 Å². The first kappa shape index (κ1) is 14.4. The van der Waals surface area contributed by atoms with Gasteiger partial charge in [0.25, 0.3) is 0 Å². The van der Waals surface area contributed by atoms with E-state index in [-0.39, 0.29) is 6.04 Å². The molecule has 3 nitrogen and oxygen atoms in total. The summed E-state index contributed by atoms with van der Waals surface area (Å²) in [5.41, 5.74) is 3.72. The number of aryl methyl sites for hydroxylation is 1. The average Bonchev–Trinajstić information content (AvgIpc) is 2.69. The summed E-state index contributed by atoms with van der Waals surface area (Å²) in [6.07, 6.45) is 2.05. The highest BCUT2D eigenvalue weighted by molar-refractivity contribution is 5.50. The molecule has 2 rings (SSSR count). The Balaban J connectivity index is 2.17. The van der Waals surface area contributed by atoms with Crippen LogP contribution in [-0.4, -0.2) is 24.9 Å². The first-order chi connectivity index (χ1) is 9.04. The first-order valence-corrected chi connectivity index (χ1v) is 7.12. The predicted octanol–water partition coefficient (Wildman–Crippen LogP) is 3.26. The maximum atomic E-state index is 10.2. The van der Waals surface area contributed by atoms with Crippen LogP contribution >= 0.6 is 0 Å². The molecular weight excluding hydrogens is 238 g/mol. The molecule has 0 bridgehead atoms. The molecular formula is C16H25NO2. The van der Waals surface area contributed by atoms with E-state index < -0.39 is 0 Å². The van der Waals surface area contributed by atoms with E-state index in [1.54, 1.807) is 7.11 Å². The molecule has 0 aromatic heterocycles. The third-order valence-corrected chi connectivity index (χ3v) is 4.15. The number of nitrogens with one attached hydrogen (secondary N) is 1. The Kier molecular flexibility index (Phi) is 4.48. The molecule has 0 saturated heterocycles. The molecule has 0 saturated carbocycles. The fourth-order valence-corrected chi connectivity index (χ4v) is 3.22. The van der Waals surface area contributed by atoms with Crippen molar-refractivity contribution in [1.29, 1.82) is 0 Å². The number of rotatable bonds is 5. The number of aromatic hydroxyl groups is 1. The van der Waals surface area contributed by atoms with Crippen LogP contribution in [0, 0.1) is 6.92 Å². The zero-order chi connectivity index (χ0) is 14.0. The molecule has 0 aliphatic heterocycles. The van der Waals surface area contributed by atoms with Crippen molar-refractivity contribution in [1.82, 2.24) is 5.32 Å². The SMILES string of the molecule is COCCC(C)NC1CC(C)c2c(C)ccc(O)c21. The quantitative estimate of drug-likeness (QED) is 0.856. The van der Waals surface area contributed by atoms with Gasteiger partial charge in [0.15, 0.2) is 0 Å². The molecule has 1 aromatic rings. The van der Waals surface area contributed by atoms with Crippen LogP contribution in [0.3, 0.4) is 0 Å². The molecule has 106 valence electrons. The Morgan fingerprint density at radius 3 is 2.84 bits per heavy atom. The van der Waals surface area contributed by atoms with Gasteiger partial charge in [-0.3, -0.25) is 0 Å². The lowest BCUT2D eigenvalue weighted by Crippen LogP contribution is -2.30. The Labute approximate surface area is 116 Å². The zero-order valence-corrected chi connectivity index (χ0v) is 12.4. The van der Waals surface area contributed by atoms with Gasteiger partial charge in [0.1, 0.15) is 5.75 Å². The van der Waals surface area contributed by atoms with Gasteiger partial charge in [-0.05, 0) is 49.8 Å². The average molecular weight is 263 g/mol. The van der Waals surface area contributed by atoms with Crippen LogP contribution in [0.4, 0.5) is 0 Å². The second-order valence-electron chi connectivity index (χ2n) is 5.77. The highest BCUT2D eigenvalue weighted by atomic mass is 16.5. The van der Waals surface area contributed by atoms with Gasteiger partial charge >= 0.3 is 0 Å². The van der Waals surface area contributed by atoms with Gasteiger partial charge in [-0.25, -0.2) is 0 Å². The molecule has 19 heavy (non-hydrogen) atoms. The van der Waals surface area contributed by atoms with Crippen molar-refractivity contribution in [2.24, 2.45) is 0 Å². The molecule has 1 aliphatic carbocycles. The molecule has 0 radical (unpaired) electrons. The van der Waals surface area contributed by atoms with Crippen molar-refractivity contribution < 1.29 is 9.84 Å². The number of phenols is 1. The highest BCUT2D eigenvalue weighted by Gasteiger charge is 2.32. The van der Waals surface area contributed by atoms with E-state index in [9.17, 15) is 5.11 Å². The third-order valence-electron chi connectivity index (χ3n) is 4.15. The number of hydrogen-bond donors (Lipinski definition) is 2. The lowest BCUT2D eigenvalue weighted by atomic mass is 9.97. The van der Waals surface area contributed by atoms with Crippen molar-refractivity contribution >= 4 is 0 Å². The number of ether oxygens (including phenoxy) is 1. The van der Waals surface area contributed by atoms with Crippen LogP contribution in [0.2, 0.25) is 0 Å². The lowest BCUT2D eigenvalue weighted by Gasteiger charge is -2.21. The molecule has 0 amide bonds. The summed E-state index contributed by atoms with van der Waals surface area (Å²) in [7, 11) is 1.73. The van der Waals surface area contributed by atoms with Crippen molar-refractivity contribution in [3.63, 3.8) is 0 Å².